The van der Waals surface area contributed by atoms with Crippen LogP contribution in [0.2, 0.25) is 5.02 Å². The number of benzene rings is 1. The molecule has 1 heterocycles. The molecule has 1 aromatic rings. The van der Waals surface area contributed by atoms with Gasteiger partial charge in [0.1, 0.15) is 12.6 Å². The summed E-state index contributed by atoms with van der Waals surface area (Å²) in [4.78, 5) is 24.8. The number of rotatable bonds is 1. The van der Waals surface area contributed by atoms with Gasteiger partial charge in [0.15, 0.2) is 0 Å². The van der Waals surface area contributed by atoms with Crippen LogP contribution in [0.15, 0.2) is 18.2 Å². The molecule has 17 heavy (non-hydrogen) atoms. The molecular formula is C12H13ClN2O2. The number of amides is 2. The van der Waals surface area contributed by atoms with E-state index in [1.807, 2.05) is 13.0 Å². The summed E-state index contributed by atoms with van der Waals surface area (Å²) >= 11 is 6.10. The van der Waals surface area contributed by atoms with Crippen LogP contribution in [-0.2, 0) is 9.59 Å². The van der Waals surface area contributed by atoms with Gasteiger partial charge in [0.2, 0.25) is 11.8 Å². The fourth-order valence-corrected chi connectivity index (χ4v) is 2.18. The fraction of sp³-hybridized carbons (Fsp3) is 0.333. The van der Waals surface area contributed by atoms with Gasteiger partial charge in [-0.15, -0.1) is 0 Å². The predicted molar refractivity (Wildman–Crippen MR) is 66.1 cm³/mol. The minimum atomic E-state index is -0.506. The molecule has 4 nitrogen and oxygen atoms in total. The summed E-state index contributed by atoms with van der Waals surface area (Å²) in [5, 5.41) is 3.07. The van der Waals surface area contributed by atoms with Crippen molar-refractivity contribution < 1.29 is 9.59 Å². The minimum Gasteiger partial charge on any atom is -0.343 e. The first-order valence-corrected chi connectivity index (χ1v) is 5.73. The zero-order chi connectivity index (χ0) is 12.6. The number of halogens is 1. The fourth-order valence-electron chi connectivity index (χ4n) is 1.84. The molecule has 1 atom stereocenters. The Morgan fingerprint density at radius 3 is 2.76 bits per heavy atom. The van der Waals surface area contributed by atoms with Crippen LogP contribution >= 0.6 is 11.6 Å². The normalized spacial score (nSPS) is 20.4. The predicted octanol–water partition coefficient (Wildman–Crippen LogP) is 1.50. The molecule has 1 unspecified atom stereocenters. The van der Waals surface area contributed by atoms with E-state index < -0.39 is 6.04 Å². The number of aryl methyl sites for hydroxylation is 1. The summed E-state index contributed by atoms with van der Waals surface area (Å²) < 4.78 is 0. The molecule has 0 aliphatic carbocycles. The third-order valence-electron chi connectivity index (χ3n) is 2.71. The Morgan fingerprint density at radius 2 is 2.12 bits per heavy atom. The monoisotopic (exact) mass is 252 g/mol. The lowest BCUT2D eigenvalue weighted by Crippen LogP contribution is -2.57. The molecule has 0 radical (unpaired) electrons. The van der Waals surface area contributed by atoms with Gasteiger partial charge in [-0.25, -0.2) is 0 Å². The van der Waals surface area contributed by atoms with Gasteiger partial charge in [0.05, 0.1) is 10.7 Å². The van der Waals surface area contributed by atoms with E-state index in [-0.39, 0.29) is 18.4 Å². The Labute approximate surface area is 105 Å². The molecule has 90 valence electrons. The first-order chi connectivity index (χ1) is 7.99. The highest BCUT2D eigenvalue weighted by molar-refractivity contribution is 6.34. The van der Waals surface area contributed by atoms with Crippen molar-refractivity contribution in [1.82, 2.24) is 5.32 Å². The number of piperazine rings is 1. The third-order valence-corrected chi connectivity index (χ3v) is 3.01. The van der Waals surface area contributed by atoms with E-state index in [1.165, 1.54) is 4.90 Å². The van der Waals surface area contributed by atoms with Gasteiger partial charge in [-0.05, 0) is 31.5 Å². The standard InChI is InChI=1S/C12H13ClN2O2/c1-7-3-4-10(9(13)5-7)15-6-11(16)14-8(2)12(15)17/h3-5,8H,6H2,1-2H3,(H,14,16). The van der Waals surface area contributed by atoms with Crippen LogP contribution in [0, 0.1) is 6.92 Å². The number of hydrogen-bond donors (Lipinski definition) is 1. The van der Waals surface area contributed by atoms with E-state index in [9.17, 15) is 9.59 Å². The molecule has 0 bridgehead atoms. The van der Waals surface area contributed by atoms with E-state index >= 15 is 0 Å². The first-order valence-electron chi connectivity index (χ1n) is 5.36. The van der Waals surface area contributed by atoms with Crippen LogP contribution in [0.4, 0.5) is 5.69 Å². The van der Waals surface area contributed by atoms with Crippen LogP contribution < -0.4 is 10.2 Å². The van der Waals surface area contributed by atoms with Crippen LogP contribution in [-0.4, -0.2) is 24.4 Å². The Hall–Kier alpha value is -1.55. The Bertz CT molecular complexity index is 487. The topological polar surface area (TPSA) is 49.4 Å². The molecule has 1 N–H and O–H groups in total. The third kappa shape index (κ3) is 2.26. The number of nitrogens with zero attached hydrogens (tertiary/aromatic N) is 1. The molecule has 1 fully saturated rings. The number of anilines is 1. The van der Waals surface area contributed by atoms with Gasteiger partial charge in [0.25, 0.3) is 0 Å². The summed E-state index contributed by atoms with van der Waals surface area (Å²) in [5.74, 6) is -0.316. The molecular weight excluding hydrogens is 240 g/mol. The lowest BCUT2D eigenvalue weighted by Gasteiger charge is -2.31. The lowest BCUT2D eigenvalue weighted by atomic mass is 10.1. The van der Waals surface area contributed by atoms with Gasteiger partial charge in [-0.1, -0.05) is 17.7 Å². The summed E-state index contributed by atoms with van der Waals surface area (Å²) in [6, 6.07) is 4.90. The molecule has 0 aromatic heterocycles. The Kier molecular flexibility index (Phi) is 3.07. The van der Waals surface area contributed by atoms with Gasteiger partial charge in [0, 0.05) is 0 Å². The van der Waals surface area contributed by atoms with Crippen molar-refractivity contribution in [3.63, 3.8) is 0 Å². The summed E-state index contributed by atoms with van der Waals surface area (Å²) in [7, 11) is 0. The maximum Gasteiger partial charge on any atom is 0.249 e. The zero-order valence-electron chi connectivity index (χ0n) is 9.66. The van der Waals surface area contributed by atoms with Crippen molar-refractivity contribution in [2.75, 3.05) is 11.4 Å². The largest absolute Gasteiger partial charge is 0.343 e. The average molecular weight is 253 g/mol. The molecule has 2 rings (SSSR count). The minimum absolute atomic E-state index is 0.0198. The number of carbonyl (C=O) groups is 2. The van der Waals surface area contributed by atoms with Crippen LogP contribution in [0.5, 0.6) is 0 Å². The lowest BCUT2D eigenvalue weighted by molar-refractivity contribution is -0.130. The highest BCUT2D eigenvalue weighted by Crippen LogP contribution is 2.28. The van der Waals surface area contributed by atoms with E-state index in [0.717, 1.165) is 5.56 Å². The Morgan fingerprint density at radius 1 is 1.41 bits per heavy atom. The van der Waals surface area contributed by atoms with Crippen molar-refractivity contribution in [1.29, 1.82) is 0 Å². The van der Waals surface area contributed by atoms with Gasteiger partial charge in [-0.2, -0.15) is 0 Å². The average Bonchev–Trinajstić information content (AvgIpc) is 2.24. The molecule has 1 aliphatic heterocycles. The zero-order valence-corrected chi connectivity index (χ0v) is 10.4. The van der Waals surface area contributed by atoms with E-state index in [1.54, 1.807) is 19.1 Å². The molecule has 1 aromatic carbocycles. The summed E-state index contributed by atoms with van der Waals surface area (Å²) in [6.07, 6.45) is 0. The molecule has 0 saturated carbocycles. The van der Waals surface area contributed by atoms with E-state index in [2.05, 4.69) is 5.32 Å². The quantitative estimate of drug-likeness (QED) is 0.824. The maximum absolute atomic E-state index is 12.0. The number of carbonyl (C=O) groups excluding carboxylic acids is 2. The highest BCUT2D eigenvalue weighted by Gasteiger charge is 2.31. The highest BCUT2D eigenvalue weighted by atomic mass is 35.5. The molecule has 0 spiro atoms. The van der Waals surface area contributed by atoms with Crippen LogP contribution in [0.25, 0.3) is 0 Å². The maximum atomic E-state index is 12.0. The first kappa shape index (κ1) is 11.9. The second kappa shape index (κ2) is 4.37. The SMILES string of the molecule is Cc1ccc(N2CC(=O)NC(C)C2=O)c(Cl)c1. The molecule has 1 aliphatic rings. The van der Waals surface area contributed by atoms with Gasteiger partial charge in [-0.3, -0.25) is 14.5 Å². The summed E-state index contributed by atoms with van der Waals surface area (Å²) in [6.45, 7) is 3.60. The molecule has 1 saturated heterocycles. The number of hydrogen-bond acceptors (Lipinski definition) is 2. The van der Waals surface area contributed by atoms with Crippen molar-refractivity contribution in [3.8, 4) is 0 Å². The number of nitrogens with one attached hydrogen (secondary N) is 1. The summed E-state index contributed by atoms with van der Waals surface area (Å²) in [5.41, 5.74) is 1.60. The van der Waals surface area contributed by atoms with Crippen LogP contribution in [0.3, 0.4) is 0 Å². The van der Waals surface area contributed by atoms with Crippen molar-refractivity contribution in [3.05, 3.63) is 28.8 Å². The van der Waals surface area contributed by atoms with Gasteiger partial charge < -0.3 is 5.32 Å². The second-order valence-corrected chi connectivity index (χ2v) is 4.58. The van der Waals surface area contributed by atoms with Crippen molar-refractivity contribution >= 4 is 29.1 Å². The molecule has 5 heteroatoms. The van der Waals surface area contributed by atoms with Crippen LogP contribution in [0.1, 0.15) is 12.5 Å². The molecule has 2 amide bonds. The smallest absolute Gasteiger partial charge is 0.249 e. The second-order valence-electron chi connectivity index (χ2n) is 4.17. The van der Waals surface area contributed by atoms with E-state index in [0.29, 0.717) is 10.7 Å². The van der Waals surface area contributed by atoms with E-state index in [4.69, 9.17) is 11.6 Å². The van der Waals surface area contributed by atoms with Gasteiger partial charge >= 0.3 is 0 Å². The van der Waals surface area contributed by atoms with Crippen molar-refractivity contribution in [2.45, 2.75) is 19.9 Å². The Balaban J connectivity index is 2.38. The van der Waals surface area contributed by atoms with Crippen molar-refractivity contribution in [2.24, 2.45) is 0 Å².